The van der Waals surface area contributed by atoms with Crippen molar-refractivity contribution in [2.75, 3.05) is 4.90 Å². The molecule has 1 aromatic carbocycles. The van der Waals surface area contributed by atoms with Crippen LogP contribution in [-0.2, 0) is 9.59 Å². The van der Waals surface area contributed by atoms with Crippen LogP contribution in [0.25, 0.3) is 0 Å². The Hall–Kier alpha value is -0.680. The lowest BCUT2D eigenvalue weighted by Crippen LogP contribution is -2.37. The number of halogens is 2. The number of carbonyl (C=O) groups is 2. The molecule has 0 radical (unpaired) electrons. The predicted octanol–water partition coefficient (Wildman–Crippen LogP) is 3.59. The van der Waals surface area contributed by atoms with Gasteiger partial charge in [0.05, 0.1) is 17.5 Å². The summed E-state index contributed by atoms with van der Waals surface area (Å²) in [5, 5.41) is 0. The van der Waals surface area contributed by atoms with Crippen molar-refractivity contribution in [2.45, 2.75) is 29.9 Å². The van der Waals surface area contributed by atoms with E-state index in [0.717, 1.165) is 23.2 Å². The molecule has 2 amide bonds. The summed E-state index contributed by atoms with van der Waals surface area (Å²) in [5.41, 5.74) is 2.77. The van der Waals surface area contributed by atoms with E-state index < -0.39 is 0 Å². The summed E-state index contributed by atoms with van der Waals surface area (Å²) in [4.78, 5) is 28.1. The van der Waals surface area contributed by atoms with Crippen molar-refractivity contribution in [3.8, 4) is 0 Å². The van der Waals surface area contributed by atoms with E-state index in [9.17, 15) is 9.59 Å². The number of para-hydroxylation sites is 1. The minimum atomic E-state index is -0.144. The normalized spacial score (nSPS) is 39.7. The highest BCUT2D eigenvalue weighted by Crippen LogP contribution is 2.60. The van der Waals surface area contributed by atoms with E-state index in [4.69, 9.17) is 0 Å². The number of fused-ring (bicyclic) bond motifs is 5. The minimum Gasteiger partial charge on any atom is -0.274 e. The fraction of sp³-hybridized carbons (Fsp3) is 0.529. The number of aryl methyl sites for hydroxylation is 2. The smallest absolute Gasteiger partial charge is 0.238 e. The van der Waals surface area contributed by atoms with Gasteiger partial charge in [-0.05, 0) is 43.2 Å². The first-order valence-corrected chi connectivity index (χ1v) is 9.48. The summed E-state index contributed by atoms with van der Waals surface area (Å²) in [7, 11) is 0. The third-order valence-corrected chi connectivity index (χ3v) is 8.86. The first-order valence-electron chi connectivity index (χ1n) is 7.65. The number of alkyl halides is 2. The molecule has 4 rings (SSSR count). The van der Waals surface area contributed by atoms with E-state index in [0.29, 0.717) is 0 Å². The van der Waals surface area contributed by atoms with Crippen LogP contribution in [-0.4, -0.2) is 21.5 Å². The van der Waals surface area contributed by atoms with Crippen LogP contribution < -0.4 is 4.90 Å². The number of nitrogens with zero attached hydrogens (tertiary/aromatic N) is 1. The van der Waals surface area contributed by atoms with Gasteiger partial charge in [0, 0.05) is 9.65 Å². The van der Waals surface area contributed by atoms with Gasteiger partial charge in [-0.1, -0.05) is 50.1 Å². The van der Waals surface area contributed by atoms with Crippen LogP contribution >= 0.6 is 31.9 Å². The summed E-state index contributed by atoms with van der Waals surface area (Å²) in [6.45, 7) is 3.93. The molecular formula is C17H17Br2NO2. The SMILES string of the molecule is Cc1cccc(C)c1N1C(=O)C2C3CC(C(Br)C3Br)C2C1=O. The van der Waals surface area contributed by atoms with Crippen LogP contribution in [0, 0.1) is 37.5 Å². The van der Waals surface area contributed by atoms with Crippen molar-refractivity contribution in [1.29, 1.82) is 0 Å². The lowest BCUT2D eigenvalue weighted by Gasteiger charge is -2.28. The summed E-state index contributed by atoms with van der Waals surface area (Å²) in [6, 6.07) is 5.89. The van der Waals surface area contributed by atoms with Gasteiger partial charge >= 0.3 is 0 Å². The molecule has 0 N–H and O–H groups in total. The highest BCUT2D eigenvalue weighted by molar-refractivity contribution is 9.12. The quantitative estimate of drug-likeness (QED) is 0.508. The Kier molecular flexibility index (Phi) is 3.32. The average Bonchev–Trinajstić information content (AvgIpc) is 3.06. The van der Waals surface area contributed by atoms with Gasteiger partial charge in [0.2, 0.25) is 11.8 Å². The molecule has 5 heteroatoms. The molecule has 6 atom stereocenters. The van der Waals surface area contributed by atoms with Gasteiger partial charge in [0.25, 0.3) is 0 Å². The van der Waals surface area contributed by atoms with Crippen molar-refractivity contribution in [1.82, 2.24) is 0 Å². The average molecular weight is 427 g/mol. The van der Waals surface area contributed by atoms with Crippen LogP contribution in [0.4, 0.5) is 5.69 Å². The van der Waals surface area contributed by atoms with Crippen LogP contribution in [0.1, 0.15) is 17.5 Å². The van der Waals surface area contributed by atoms with Crippen LogP contribution in [0.15, 0.2) is 18.2 Å². The fourth-order valence-corrected chi connectivity index (χ4v) is 6.60. The molecule has 0 spiro atoms. The molecule has 1 heterocycles. The van der Waals surface area contributed by atoms with E-state index in [1.54, 1.807) is 0 Å². The lowest BCUT2D eigenvalue weighted by molar-refractivity contribution is -0.123. The zero-order valence-corrected chi connectivity index (χ0v) is 15.6. The van der Waals surface area contributed by atoms with Gasteiger partial charge in [-0.15, -0.1) is 0 Å². The highest BCUT2D eigenvalue weighted by atomic mass is 79.9. The topological polar surface area (TPSA) is 37.4 Å². The Morgan fingerprint density at radius 3 is 1.86 bits per heavy atom. The van der Waals surface area contributed by atoms with E-state index in [1.807, 2.05) is 32.0 Å². The van der Waals surface area contributed by atoms with Gasteiger partial charge in [-0.25, -0.2) is 4.90 Å². The number of anilines is 1. The summed E-state index contributed by atoms with van der Waals surface area (Å²) >= 11 is 7.44. The third-order valence-electron chi connectivity index (χ3n) is 5.65. The standard InChI is InChI=1S/C17H17Br2NO2/c1-7-4-3-5-8(2)15(7)20-16(21)11-9-6-10(12(11)17(20)22)14(19)13(9)18/h3-5,9-14H,6H2,1-2H3. The van der Waals surface area contributed by atoms with Crippen LogP contribution in [0.3, 0.4) is 0 Å². The summed E-state index contributed by atoms with van der Waals surface area (Å²) in [5.74, 6) is 0.257. The Morgan fingerprint density at radius 1 is 0.955 bits per heavy atom. The minimum absolute atomic E-state index is 0.00347. The maximum Gasteiger partial charge on any atom is 0.238 e. The van der Waals surface area contributed by atoms with Crippen molar-refractivity contribution < 1.29 is 9.59 Å². The molecule has 116 valence electrons. The second kappa shape index (κ2) is 4.91. The van der Waals surface area contributed by atoms with Crippen molar-refractivity contribution in [3.05, 3.63) is 29.3 Å². The highest BCUT2D eigenvalue weighted by Gasteiger charge is 2.66. The number of rotatable bonds is 1. The maximum absolute atomic E-state index is 13.0. The summed E-state index contributed by atoms with van der Waals surface area (Å²) < 4.78 is 0. The Morgan fingerprint density at radius 2 is 1.41 bits per heavy atom. The van der Waals surface area contributed by atoms with Gasteiger partial charge in [0.1, 0.15) is 0 Å². The van der Waals surface area contributed by atoms with Gasteiger partial charge in [0.15, 0.2) is 0 Å². The second-order valence-electron chi connectivity index (χ2n) is 6.76. The maximum atomic E-state index is 13.0. The molecule has 6 unspecified atom stereocenters. The second-order valence-corrected chi connectivity index (χ2v) is 8.87. The number of hydrogen-bond donors (Lipinski definition) is 0. The number of benzene rings is 1. The largest absolute Gasteiger partial charge is 0.274 e. The van der Waals surface area contributed by atoms with E-state index in [1.165, 1.54) is 4.90 Å². The molecule has 2 saturated carbocycles. The summed E-state index contributed by atoms with van der Waals surface area (Å²) in [6.07, 6.45) is 0.971. The molecule has 22 heavy (non-hydrogen) atoms. The van der Waals surface area contributed by atoms with Gasteiger partial charge in [-0.3, -0.25) is 9.59 Å². The van der Waals surface area contributed by atoms with E-state index >= 15 is 0 Å². The molecule has 1 saturated heterocycles. The predicted molar refractivity (Wildman–Crippen MR) is 92.4 cm³/mol. The van der Waals surface area contributed by atoms with Crippen molar-refractivity contribution in [3.63, 3.8) is 0 Å². The van der Waals surface area contributed by atoms with Gasteiger partial charge < -0.3 is 0 Å². The van der Waals surface area contributed by atoms with Gasteiger partial charge in [-0.2, -0.15) is 0 Å². The van der Waals surface area contributed by atoms with E-state index in [2.05, 4.69) is 31.9 Å². The number of imide groups is 1. The number of carbonyl (C=O) groups excluding carboxylic acids is 2. The zero-order valence-electron chi connectivity index (χ0n) is 12.4. The first kappa shape index (κ1) is 14.9. The van der Waals surface area contributed by atoms with Crippen LogP contribution in [0.2, 0.25) is 0 Å². The zero-order chi connectivity index (χ0) is 15.8. The first-order chi connectivity index (χ1) is 10.4. The Balaban J connectivity index is 1.80. The van der Waals surface area contributed by atoms with Crippen molar-refractivity contribution in [2.24, 2.45) is 23.7 Å². The molecule has 1 aliphatic heterocycles. The molecule has 2 aliphatic carbocycles. The number of amides is 2. The monoisotopic (exact) mass is 425 g/mol. The molecule has 3 aliphatic rings. The molecule has 0 aromatic heterocycles. The molecule has 3 nitrogen and oxygen atoms in total. The van der Waals surface area contributed by atoms with E-state index in [-0.39, 0.29) is 45.1 Å². The Bertz CT molecular complexity index is 637. The lowest BCUT2D eigenvalue weighted by atomic mass is 9.81. The molecular weight excluding hydrogens is 410 g/mol. The molecule has 3 fully saturated rings. The Labute approximate surface area is 146 Å². The molecule has 2 bridgehead atoms. The van der Waals surface area contributed by atoms with Crippen molar-refractivity contribution >= 4 is 49.4 Å². The molecule has 1 aromatic rings. The number of hydrogen-bond acceptors (Lipinski definition) is 2. The fourth-order valence-electron chi connectivity index (χ4n) is 4.73. The third kappa shape index (κ3) is 1.72. The van der Waals surface area contributed by atoms with Crippen LogP contribution in [0.5, 0.6) is 0 Å².